The molecule has 0 aliphatic carbocycles. The molecule has 0 aliphatic rings. The Balaban J connectivity index is 1.46. The van der Waals surface area contributed by atoms with E-state index in [0.717, 1.165) is 22.7 Å². The molecule has 0 aliphatic heterocycles. The summed E-state index contributed by atoms with van der Waals surface area (Å²) in [5, 5.41) is 0. The Morgan fingerprint density at radius 1 is 0.368 bits per heavy atom. The predicted molar refractivity (Wildman–Crippen MR) is 224 cm³/mol. The van der Waals surface area contributed by atoms with Crippen LogP contribution in [0.1, 0.15) is 25.7 Å². The third-order valence-corrected chi connectivity index (χ3v) is 9.55. The van der Waals surface area contributed by atoms with Crippen LogP contribution in [0.25, 0.3) is 0 Å². The van der Waals surface area contributed by atoms with E-state index >= 15 is 0 Å². The Morgan fingerprint density at radius 3 is 0.754 bits per heavy atom. The first-order valence-corrected chi connectivity index (χ1v) is 19.2. The molecule has 12 nitrogen and oxygen atoms in total. The lowest BCUT2D eigenvalue weighted by Gasteiger charge is -2.32. The summed E-state index contributed by atoms with van der Waals surface area (Å²) in [6, 6.07) is 38.6. The summed E-state index contributed by atoms with van der Waals surface area (Å²) in [6.07, 6.45) is 0.239. The molecule has 4 aromatic rings. The molecular weight excluding hydrogens is 725 g/mol. The number of benzene rings is 4. The number of carbonyl (C=O) groups is 4. The molecule has 12 heteroatoms. The van der Waals surface area contributed by atoms with Crippen LogP contribution in [0.5, 0.6) is 0 Å². The summed E-state index contributed by atoms with van der Waals surface area (Å²) in [4.78, 5) is 60.5. The van der Waals surface area contributed by atoms with Crippen molar-refractivity contribution in [2.45, 2.75) is 25.7 Å². The van der Waals surface area contributed by atoms with Gasteiger partial charge in [0, 0.05) is 77.1 Å². The number of hydrogen-bond donors (Lipinski definition) is 0. The highest BCUT2D eigenvalue weighted by atomic mass is 16.6. The van der Waals surface area contributed by atoms with Gasteiger partial charge in [-0.05, 0) is 48.5 Å². The fraction of sp³-hybridized carbons (Fsp3) is 0.378. The summed E-state index contributed by atoms with van der Waals surface area (Å²) < 4.78 is 23.2. The van der Waals surface area contributed by atoms with Crippen LogP contribution < -0.4 is 19.6 Å². The lowest BCUT2D eigenvalue weighted by Crippen LogP contribution is -2.44. The van der Waals surface area contributed by atoms with Gasteiger partial charge < -0.3 is 38.5 Å². The molecule has 4 rings (SSSR count). The van der Waals surface area contributed by atoms with Crippen molar-refractivity contribution >= 4 is 46.6 Å². The molecule has 4 aromatic carbocycles. The van der Waals surface area contributed by atoms with E-state index in [4.69, 9.17) is 18.9 Å². The van der Waals surface area contributed by atoms with Crippen LogP contribution in [0.3, 0.4) is 0 Å². The van der Waals surface area contributed by atoms with E-state index in [2.05, 4.69) is 0 Å². The number of nitrogens with zero attached hydrogens (tertiary/aromatic N) is 4. The van der Waals surface area contributed by atoms with Gasteiger partial charge in [0.25, 0.3) is 0 Å². The fourth-order valence-electron chi connectivity index (χ4n) is 5.76. The molecule has 0 spiro atoms. The molecular formula is C45H56N4O8. The topological polar surface area (TPSA) is 118 Å². The van der Waals surface area contributed by atoms with Crippen molar-refractivity contribution in [1.82, 2.24) is 0 Å². The number of ether oxygens (including phenoxy) is 4. The lowest BCUT2D eigenvalue weighted by molar-refractivity contribution is -0.170. The number of hydrogen-bond acceptors (Lipinski definition) is 12. The minimum atomic E-state index is -1.38. The van der Waals surface area contributed by atoms with Gasteiger partial charge in [0.15, 0.2) is 0 Å². The monoisotopic (exact) mass is 780 g/mol. The zero-order valence-corrected chi connectivity index (χ0v) is 33.6. The van der Waals surface area contributed by atoms with Crippen LogP contribution in [-0.4, -0.2) is 105 Å². The average molecular weight is 781 g/mol. The van der Waals surface area contributed by atoms with Crippen LogP contribution >= 0.6 is 0 Å². The van der Waals surface area contributed by atoms with Gasteiger partial charge in [-0.3, -0.25) is 19.2 Å². The standard InChI is InChI=1S/C45H56N4O8/c1-46(37-17-9-5-10-18-37)29-25-41(50)54-33-45(34-55-42(51)26-30-47(2)38-19-11-6-12-20-38,35-56-43(52)27-31-48(3)39-21-13-7-14-22-39)36-57-44(53)28-32-49(4)40-23-15-8-16-24-40/h5-24H,25-36H2,1-4H3. The van der Waals surface area contributed by atoms with Gasteiger partial charge in [0.05, 0.1) is 25.7 Å². The number of esters is 4. The highest BCUT2D eigenvalue weighted by molar-refractivity contribution is 5.72. The Hall–Kier alpha value is -6.04. The number of carbonyl (C=O) groups excluding carboxylic acids is 4. The van der Waals surface area contributed by atoms with Gasteiger partial charge in [0.1, 0.15) is 31.8 Å². The summed E-state index contributed by atoms with van der Waals surface area (Å²) >= 11 is 0. The highest BCUT2D eigenvalue weighted by Crippen LogP contribution is 2.24. The van der Waals surface area contributed by atoms with Crippen molar-refractivity contribution in [1.29, 1.82) is 0 Å². The van der Waals surface area contributed by atoms with Gasteiger partial charge in [-0.15, -0.1) is 0 Å². The molecule has 0 saturated heterocycles. The predicted octanol–water partition coefficient (Wildman–Crippen LogP) is 6.25. The van der Waals surface area contributed by atoms with Crippen molar-refractivity contribution in [3.8, 4) is 0 Å². The Morgan fingerprint density at radius 2 is 0.561 bits per heavy atom. The largest absolute Gasteiger partial charge is 0.465 e. The highest BCUT2D eigenvalue weighted by Gasteiger charge is 2.38. The minimum absolute atomic E-state index is 0.0598. The molecule has 0 saturated carbocycles. The summed E-state index contributed by atoms with van der Waals surface area (Å²) in [5.74, 6) is -2.04. The SMILES string of the molecule is CN(CCC(=O)OCC(COC(=O)CCN(C)c1ccccc1)(COC(=O)CCN(C)c1ccccc1)COC(=O)CCN(C)c1ccccc1)c1ccccc1. The lowest BCUT2D eigenvalue weighted by atomic mass is 9.92. The molecule has 0 bridgehead atoms. The van der Waals surface area contributed by atoms with Gasteiger partial charge in [-0.1, -0.05) is 72.8 Å². The molecule has 0 radical (unpaired) electrons. The number of rotatable bonds is 24. The minimum Gasteiger partial charge on any atom is -0.465 e. The summed E-state index contributed by atoms with van der Waals surface area (Å²) in [5.41, 5.74) is 2.39. The van der Waals surface area contributed by atoms with Crippen molar-refractivity contribution in [3.63, 3.8) is 0 Å². The summed E-state index contributed by atoms with van der Waals surface area (Å²) in [7, 11) is 7.52. The van der Waals surface area contributed by atoms with E-state index < -0.39 is 29.3 Å². The first kappa shape index (κ1) is 43.7. The van der Waals surface area contributed by atoms with Crippen LogP contribution in [0.2, 0.25) is 0 Å². The van der Waals surface area contributed by atoms with E-state index in [0.29, 0.717) is 26.2 Å². The van der Waals surface area contributed by atoms with Crippen molar-refractivity contribution in [2.75, 3.05) is 100 Å². The second-order valence-corrected chi connectivity index (χ2v) is 14.2. The summed E-state index contributed by atoms with van der Waals surface area (Å²) in [6.45, 7) is 0.223. The molecule has 0 aromatic heterocycles. The quantitative estimate of drug-likeness (QED) is 0.0591. The second-order valence-electron chi connectivity index (χ2n) is 14.2. The maximum absolute atomic E-state index is 13.2. The van der Waals surface area contributed by atoms with Gasteiger partial charge in [0.2, 0.25) is 0 Å². The first-order chi connectivity index (χ1) is 27.5. The molecule has 0 amide bonds. The maximum atomic E-state index is 13.2. The normalized spacial score (nSPS) is 10.9. The van der Waals surface area contributed by atoms with Crippen LogP contribution in [0.15, 0.2) is 121 Å². The maximum Gasteiger partial charge on any atom is 0.307 e. The van der Waals surface area contributed by atoms with E-state index in [9.17, 15) is 19.2 Å². The van der Waals surface area contributed by atoms with Crippen molar-refractivity contribution in [2.24, 2.45) is 5.41 Å². The van der Waals surface area contributed by atoms with Crippen molar-refractivity contribution < 1.29 is 38.1 Å². The van der Waals surface area contributed by atoms with Crippen LogP contribution in [-0.2, 0) is 38.1 Å². The Kier molecular flexibility index (Phi) is 17.7. The van der Waals surface area contributed by atoms with Gasteiger partial charge in [-0.2, -0.15) is 0 Å². The number of para-hydroxylation sites is 4. The van der Waals surface area contributed by atoms with Crippen LogP contribution in [0.4, 0.5) is 22.7 Å². The molecule has 0 atom stereocenters. The van der Waals surface area contributed by atoms with Crippen LogP contribution in [0, 0.1) is 5.41 Å². The third kappa shape index (κ3) is 15.6. The van der Waals surface area contributed by atoms with E-state index in [1.165, 1.54) is 0 Å². The van der Waals surface area contributed by atoms with Gasteiger partial charge in [-0.25, -0.2) is 0 Å². The number of anilines is 4. The molecule has 0 unspecified atom stereocenters. The van der Waals surface area contributed by atoms with E-state index in [1.54, 1.807) is 0 Å². The Labute approximate surface area is 336 Å². The zero-order chi connectivity index (χ0) is 40.9. The zero-order valence-electron chi connectivity index (χ0n) is 33.6. The average Bonchev–Trinajstić information content (AvgIpc) is 3.26. The smallest absolute Gasteiger partial charge is 0.307 e. The van der Waals surface area contributed by atoms with Gasteiger partial charge >= 0.3 is 23.9 Å². The Bertz CT molecular complexity index is 1530. The molecule has 0 fully saturated rings. The third-order valence-electron chi connectivity index (χ3n) is 9.55. The molecule has 304 valence electrons. The second kappa shape index (κ2) is 23.1. The first-order valence-electron chi connectivity index (χ1n) is 19.2. The molecule has 57 heavy (non-hydrogen) atoms. The molecule has 0 heterocycles. The van der Waals surface area contributed by atoms with Crippen molar-refractivity contribution in [3.05, 3.63) is 121 Å². The van der Waals surface area contributed by atoms with E-state index in [1.807, 2.05) is 169 Å². The molecule has 0 N–H and O–H groups in total. The van der Waals surface area contributed by atoms with E-state index in [-0.39, 0.29) is 52.1 Å². The fourth-order valence-corrected chi connectivity index (χ4v) is 5.76.